The molecular weight excluding hydrogens is 236 g/mol. The van der Waals surface area contributed by atoms with Crippen LogP contribution in [-0.4, -0.2) is 21.6 Å². The summed E-state index contributed by atoms with van der Waals surface area (Å²) in [6.07, 6.45) is 2.15. The van der Waals surface area contributed by atoms with E-state index in [9.17, 15) is 0 Å². The number of nitrogens with zero attached hydrogens (tertiary/aromatic N) is 2. The lowest BCUT2D eigenvalue weighted by Crippen LogP contribution is -2.06. The van der Waals surface area contributed by atoms with Gasteiger partial charge in [-0.1, -0.05) is 18.2 Å². The fourth-order valence-corrected chi connectivity index (χ4v) is 2.57. The molecule has 2 aromatic heterocycles. The van der Waals surface area contributed by atoms with Gasteiger partial charge in [0.25, 0.3) is 0 Å². The van der Waals surface area contributed by atoms with Gasteiger partial charge in [-0.25, -0.2) is 4.98 Å². The fourth-order valence-electron chi connectivity index (χ4n) is 2.57. The number of rotatable bonds is 3. The first-order valence-corrected chi connectivity index (χ1v) is 6.45. The second-order valence-corrected chi connectivity index (χ2v) is 4.86. The van der Waals surface area contributed by atoms with E-state index in [0.29, 0.717) is 0 Å². The van der Waals surface area contributed by atoms with E-state index in [1.165, 1.54) is 16.5 Å². The molecule has 0 amide bonds. The van der Waals surface area contributed by atoms with Gasteiger partial charge in [-0.15, -0.1) is 0 Å². The summed E-state index contributed by atoms with van der Waals surface area (Å²) in [7, 11) is 4.00. The number of aromatic nitrogens is 3. The summed E-state index contributed by atoms with van der Waals surface area (Å²) >= 11 is 0. The van der Waals surface area contributed by atoms with Crippen molar-refractivity contribution in [2.24, 2.45) is 7.05 Å². The molecule has 0 aliphatic heterocycles. The Bertz CT molecular complexity index is 721. The Kier molecular flexibility index (Phi) is 2.87. The van der Waals surface area contributed by atoms with Crippen molar-refractivity contribution in [3.05, 3.63) is 42.0 Å². The van der Waals surface area contributed by atoms with Crippen molar-refractivity contribution in [1.29, 1.82) is 0 Å². The Morgan fingerprint density at radius 3 is 2.89 bits per heavy atom. The summed E-state index contributed by atoms with van der Waals surface area (Å²) in [6.45, 7) is 2.83. The number of imidazole rings is 1. The van der Waals surface area contributed by atoms with Crippen molar-refractivity contribution in [2.75, 3.05) is 7.05 Å². The molecule has 2 N–H and O–H groups in total. The van der Waals surface area contributed by atoms with Gasteiger partial charge in [0, 0.05) is 35.4 Å². The molecule has 0 fully saturated rings. The average molecular weight is 254 g/mol. The van der Waals surface area contributed by atoms with Gasteiger partial charge in [-0.2, -0.15) is 0 Å². The third-order valence-corrected chi connectivity index (χ3v) is 3.43. The van der Waals surface area contributed by atoms with Crippen LogP contribution in [0.15, 0.2) is 30.5 Å². The SMILES string of the molecule is CNCc1nc(-c2cn(C)c3ccccc23)c(C)[nH]1. The summed E-state index contributed by atoms with van der Waals surface area (Å²) in [4.78, 5) is 8.04. The molecule has 0 atom stereocenters. The van der Waals surface area contributed by atoms with Crippen LogP contribution < -0.4 is 5.32 Å². The standard InChI is InChI=1S/C15H18N4/c1-10-15(18-14(17-10)8-16-2)12-9-19(3)13-7-5-4-6-11(12)13/h4-7,9,16H,8H2,1-3H3,(H,17,18). The van der Waals surface area contributed by atoms with Gasteiger partial charge in [-0.05, 0) is 20.0 Å². The summed E-state index contributed by atoms with van der Waals surface area (Å²) in [5.74, 6) is 0.975. The van der Waals surface area contributed by atoms with Crippen molar-refractivity contribution in [1.82, 2.24) is 19.9 Å². The normalized spacial score (nSPS) is 11.3. The van der Waals surface area contributed by atoms with Crippen LogP contribution in [0.4, 0.5) is 0 Å². The third-order valence-electron chi connectivity index (χ3n) is 3.43. The molecule has 0 aliphatic carbocycles. The van der Waals surface area contributed by atoms with Crippen molar-refractivity contribution in [3.63, 3.8) is 0 Å². The first kappa shape index (κ1) is 12.0. The quantitative estimate of drug-likeness (QED) is 0.754. The van der Waals surface area contributed by atoms with Crippen LogP contribution in [0, 0.1) is 6.92 Å². The van der Waals surface area contributed by atoms with E-state index < -0.39 is 0 Å². The number of para-hydroxylation sites is 1. The minimum Gasteiger partial charge on any atom is -0.350 e. The summed E-state index contributed by atoms with van der Waals surface area (Å²) in [5, 5.41) is 4.37. The van der Waals surface area contributed by atoms with Gasteiger partial charge in [0.15, 0.2) is 0 Å². The van der Waals surface area contributed by atoms with Crippen LogP contribution in [0.2, 0.25) is 0 Å². The van der Waals surface area contributed by atoms with Gasteiger partial charge in [0.1, 0.15) is 5.82 Å². The molecule has 0 saturated heterocycles. The maximum absolute atomic E-state index is 4.70. The molecule has 3 aromatic rings. The van der Waals surface area contributed by atoms with Gasteiger partial charge in [0.05, 0.1) is 12.2 Å². The molecule has 0 aliphatic rings. The molecule has 4 heteroatoms. The fraction of sp³-hybridized carbons (Fsp3) is 0.267. The predicted molar refractivity (Wildman–Crippen MR) is 78.0 cm³/mol. The van der Waals surface area contributed by atoms with E-state index in [-0.39, 0.29) is 0 Å². The lowest BCUT2D eigenvalue weighted by atomic mass is 10.1. The molecule has 0 radical (unpaired) electrons. The predicted octanol–water partition coefficient (Wildman–Crippen LogP) is 2.60. The number of benzene rings is 1. The van der Waals surface area contributed by atoms with Gasteiger partial charge < -0.3 is 14.9 Å². The highest BCUT2D eigenvalue weighted by Gasteiger charge is 2.14. The minimum atomic E-state index is 0.756. The van der Waals surface area contributed by atoms with Gasteiger partial charge in [-0.3, -0.25) is 0 Å². The van der Waals surface area contributed by atoms with E-state index in [1.807, 2.05) is 7.05 Å². The number of aromatic amines is 1. The highest BCUT2D eigenvalue weighted by Crippen LogP contribution is 2.30. The van der Waals surface area contributed by atoms with Crippen LogP contribution in [-0.2, 0) is 13.6 Å². The Labute approximate surface area is 112 Å². The zero-order valence-electron chi connectivity index (χ0n) is 11.5. The largest absolute Gasteiger partial charge is 0.350 e. The summed E-state index contributed by atoms with van der Waals surface area (Å²) < 4.78 is 2.15. The number of H-pyrrole nitrogens is 1. The van der Waals surface area contributed by atoms with Gasteiger partial charge >= 0.3 is 0 Å². The second-order valence-electron chi connectivity index (χ2n) is 4.86. The van der Waals surface area contributed by atoms with E-state index in [1.54, 1.807) is 0 Å². The Balaban J connectivity index is 2.19. The van der Waals surface area contributed by atoms with Crippen molar-refractivity contribution < 1.29 is 0 Å². The summed E-state index contributed by atoms with van der Waals surface area (Å²) in [5.41, 5.74) is 4.58. The average Bonchev–Trinajstić information content (AvgIpc) is 2.92. The zero-order chi connectivity index (χ0) is 13.4. The van der Waals surface area contributed by atoms with Crippen LogP contribution in [0.1, 0.15) is 11.5 Å². The molecule has 1 aromatic carbocycles. The lowest BCUT2D eigenvalue weighted by molar-refractivity contribution is 0.770. The number of hydrogen-bond donors (Lipinski definition) is 2. The Morgan fingerprint density at radius 1 is 1.32 bits per heavy atom. The van der Waals surface area contributed by atoms with Crippen LogP contribution in [0.25, 0.3) is 22.2 Å². The molecule has 98 valence electrons. The lowest BCUT2D eigenvalue weighted by Gasteiger charge is -1.96. The molecule has 0 bridgehead atoms. The first-order chi connectivity index (χ1) is 9.20. The molecule has 4 nitrogen and oxygen atoms in total. The number of aryl methyl sites for hydroxylation is 2. The van der Waals surface area contributed by atoms with E-state index in [0.717, 1.165) is 23.8 Å². The second kappa shape index (κ2) is 4.55. The van der Waals surface area contributed by atoms with Crippen molar-refractivity contribution >= 4 is 10.9 Å². The minimum absolute atomic E-state index is 0.756. The molecule has 3 rings (SSSR count). The molecule has 0 unspecified atom stereocenters. The Hall–Kier alpha value is -2.07. The van der Waals surface area contributed by atoms with E-state index in [2.05, 4.69) is 59.3 Å². The maximum Gasteiger partial charge on any atom is 0.121 e. The van der Waals surface area contributed by atoms with Crippen LogP contribution in [0.3, 0.4) is 0 Å². The smallest absolute Gasteiger partial charge is 0.121 e. The highest BCUT2D eigenvalue weighted by molar-refractivity contribution is 5.95. The van der Waals surface area contributed by atoms with Crippen LogP contribution in [0.5, 0.6) is 0 Å². The monoisotopic (exact) mass is 254 g/mol. The molecule has 0 spiro atoms. The van der Waals surface area contributed by atoms with Gasteiger partial charge in [0.2, 0.25) is 0 Å². The third kappa shape index (κ3) is 1.94. The highest BCUT2D eigenvalue weighted by atomic mass is 15.0. The first-order valence-electron chi connectivity index (χ1n) is 6.45. The Morgan fingerprint density at radius 2 is 2.11 bits per heavy atom. The summed E-state index contributed by atoms with van der Waals surface area (Å²) in [6, 6.07) is 8.42. The molecule has 2 heterocycles. The number of fused-ring (bicyclic) bond motifs is 1. The molecular formula is C15H18N4. The topological polar surface area (TPSA) is 45.6 Å². The van der Waals surface area contributed by atoms with E-state index in [4.69, 9.17) is 4.98 Å². The van der Waals surface area contributed by atoms with Crippen LogP contribution >= 0.6 is 0 Å². The van der Waals surface area contributed by atoms with E-state index >= 15 is 0 Å². The molecule has 0 saturated carbocycles. The number of nitrogens with one attached hydrogen (secondary N) is 2. The molecule has 19 heavy (non-hydrogen) atoms. The van der Waals surface area contributed by atoms with Crippen molar-refractivity contribution in [2.45, 2.75) is 13.5 Å². The zero-order valence-corrected chi connectivity index (χ0v) is 11.5. The maximum atomic E-state index is 4.70. The number of hydrogen-bond acceptors (Lipinski definition) is 2. The van der Waals surface area contributed by atoms with Crippen molar-refractivity contribution in [3.8, 4) is 11.3 Å².